The molecule has 0 amide bonds. The molecule has 2 N–H and O–H groups in total. The second-order valence-electron chi connectivity index (χ2n) is 4.79. The summed E-state index contributed by atoms with van der Waals surface area (Å²) >= 11 is 5.26. The quantitative estimate of drug-likeness (QED) is 0.709. The van der Waals surface area contributed by atoms with Crippen molar-refractivity contribution in [2.24, 2.45) is 0 Å². The molecule has 3 rings (SSSR count). The first kappa shape index (κ1) is 14.3. The molecule has 0 aliphatic rings. The smallest absolute Gasteiger partial charge is 0.171 e. The lowest BCUT2D eigenvalue weighted by Crippen LogP contribution is -2.27. The Morgan fingerprint density at radius 2 is 2.05 bits per heavy atom. The van der Waals surface area contributed by atoms with Crippen LogP contribution in [0.3, 0.4) is 0 Å². The first-order valence-electron chi connectivity index (χ1n) is 6.93. The van der Waals surface area contributed by atoms with Gasteiger partial charge < -0.3 is 15.1 Å². The van der Waals surface area contributed by atoms with Crippen molar-refractivity contribution in [3.63, 3.8) is 0 Å². The molecule has 0 radical (unpaired) electrons. The van der Waals surface area contributed by atoms with Crippen LogP contribution in [0.4, 0.5) is 5.69 Å². The van der Waals surface area contributed by atoms with Crippen molar-refractivity contribution in [1.82, 2.24) is 15.1 Å². The Morgan fingerprint density at radius 3 is 2.73 bits per heavy atom. The third-order valence-electron chi connectivity index (χ3n) is 3.12. The van der Waals surface area contributed by atoms with Gasteiger partial charge in [0.25, 0.3) is 0 Å². The first-order valence-corrected chi connectivity index (χ1v) is 7.34. The Morgan fingerprint density at radius 1 is 1.18 bits per heavy atom. The molecule has 5 nitrogen and oxygen atoms in total. The molecule has 0 spiro atoms. The minimum absolute atomic E-state index is 0.566. The van der Waals surface area contributed by atoms with Crippen molar-refractivity contribution in [3.05, 3.63) is 72.4 Å². The Bertz CT molecular complexity index is 705. The van der Waals surface area contributed by atoms with E-state index in [1.807, 2.05) is 41.2 Å². The molecule has 0 aliphatic heterocycles. The van der Waals surface area contributed by atoms with Crippen LogP contribution in [-0.4, -0.2) is 14.9 Å². The van der Waals surface area contributed by atoms with Gasteiger partial charge in [-0.05, 0) is 48.1 Å². The number of benzene rings is 1. The molecule has 1 aromatic carbocycles. The zero-order chi connectivity index (χ0) is 15.2. The molecular formula is C16H16N4OS. The standard InChI is InChI=1S/C16H16N4OS/c22-16(17-11-15-3-1-10-21-15)19-14-6-4-13(5-7-14)12-20-9-2-8-18-20/h1-10H,11-12H2,(H2,17,19,22). The average Bonchev–Trinajstić information content (AvgIpc) is 3.20. The molecule has 112 valence electrons. The number of nitrogens with zero attached hydrogens (tertiary/aromatic N) is 2. The van der Waals surface area contributed by atoms with E-state index in [9.17, 15) is 0 Å². The normalized spacial score (nSPS) is 10.4. The van der Waals surface area contributed by atoms with Gasteiger partial charge in [-0.1, -0.05) is 12.1 Å². The second kappa shape index (κ2) is 6.91. The Labute approximate surface area is 134 Å². The van der Waals surface area contributed by atoms with Crippen molar-refractivity contribution in [3.8, 4) is 0 Å². The van der Waals surface area contributed by atoms with Crippen LogP contribution >= 0.6 is 12.2 Å². The number of furan rings is 1. The van der Waals surface area contributed by atoms with Crippen LogP contribution in [-0.2, 0) is 13.1 Å². The maximum Gasteiger partial charge on any atom is 0.171 e. The van der Waals surface area contributed by atoms with Gasteiger partial charge in [-0.25, -0.2) is 0 Å². The van der Waals surface area contributed by atoms with Gasteiger partial charge in [0.2, 0.25) is 0 Å². The molecule has 2 aromatic heterocycles. The fourth-order valence-electron chi connectivity index (χ4n) is 2.03. The Hall–Kier alpha value is -2.60. The molecule has 0 atom stereocenters. The largest absolute Gasteiger partial charge is 0.467 e. The molecule has 0 bridgehead atoms. The highest BCUT2D eigenvalue weighted by Gasteiger charge is 2.01. The van der Waals surface area contributed by atoms with Gasteiger partial charge in [-0.2, -0.15) is 5.10 Å². The van der Waals surface area contributed by atoms with Crippen molar-refractivity contribution in [2.75, 3.05) is 5.32 Å². The maximum absolute atomic E-state index is 5.26. The fraction of sp³-hybridized carbons (Fsp3) is 0.125. The van der Waals surface area contributed by atoms with Crippen LogP contribution in [0.2, 0.25) is 0 Å². The topological polar surface area (TPSA) is 55.0 Å². The zero-order valence-corrected chi connectivity index (χ0v) is 12.7. The maximum atomic E-state index is 5.26. The lowest BCUT2D eigenvalue weighted by Gasteiger charge is -2.10. The van der Waals surface area contributed by atoms with E-state index in [1.165, 1.54) is 5.56 Å². The van der Waals surface area contributed by atoms with Crippen LogP contribution in [0.25, 0.3) is 0 Å². The molecule has 6 heteroatoms. The number of hydrogen-bond acceptors (Lipinski definition) is 3. The average molecular weight is 312 g/mol. The van der Waals surface area contributed by atoms with E-state index in [-0.39, 0.29) is 0 Å². The number of hydrogen-bond donors (Lipinski definition) is 2. The van der Waals surface area contributed by atoms with E-state index in [1.54, 1.807) is 12.5 Å². The molecule has 3 aromatic rings. The highest BCUT2D eigenvalue weighted by atomic mass is 32.1. The van der Waals surface area contributed by atoms with Crippen molar-refractivity contribution in [2.45, 2.75) is 13.1 Å². The highest BCUT2D eigenvalue weighted by molar-refractivity contribution is 7.80. The van der Waals surface area contributed by atoms with E-state index < -0.39 is 0 Å². The van der Waals surface area contributed by atoms with E-state index in [2.05, 4.69) is 27.9 Å². The van der Waals surface area contributed by atoms with E-state index in [4.69, 9.17) is 16.6 Å². The summed E-state index contributed by atoms with van der Waals surface area (Å²) in [4.78, 5) is 0. The minimum Gasteiger partial charge on any atom is -0.467 e. The van der Waals surface area contributed by atoms with Gasteiger partial charge in [0, 0.05) is 18.1 Å². The van der Waals surface area contributed by atoms with Crippen molar-refractivity contribution >= 4 is 23.0 Å². The van der Waals surface area contributed by atoms with Gasteiger partial charge in [-0.15, -0.1) is 0 Å². The summed E-state index contributed by atoms with van der Waals surface area (Å²) in [5.41, 5.74) is 2.13. The fourth-order valence-corrected chi connectivity index (χ4v) is 2.22. The number of nitrogens with one attached hydrogen (secondary N) is 2. The minimum atomic E-state index is 0.566. The molecular weight excluding hydrogens is 296 g/mol. The monoisotopic (exact) mass is 312 g/mol. The molecule has 0 aliphatic carbocycles. The molecule has 0 fully saturated rings. The zero-order valence-electron chi connectivity index (χ0n) is 11.9. The van der Waals surface area contributed by atoms with E-state index >= 15 is 0 Å². The first-order chi connectivity index (χ1) is 10.8. The van der Waals surface area contributed by atoms with Gasteiger partial charge in [0.15, 0.2) is 5.11 Å². The summed E-state index contributed by atoms with van der Waals surface area (Å²) < 4.78 is 7.13. The molecule has 0 saturated heterocycles. The summed E-state index contributed by atoms with van der Waals surface area (Å²) in [5.74, 6) is 0.846. The van der Waals surface area contributed by atoms with Crippen molar-refractivity contribution in [1.29, 1.82) is 0 Å². The molecule has 0 saturated carbocycles. The lowest BCUT2D eigenvalue weighted by molar-refractivity contribution is 0.503. The van der Waals surface area contributed by atoms with Gasteiger partial charge in [0.05, 0.1) is 19.4 Å². The van der Waals surface area contributed by atoms with Crippen LogP contribution in [0.15, 0.2) is 65.5 Å². The number of aromatic nitrogens is 2. The predicted octanol–water partition coefficient (Wildman–Crippen LogP) is 3.01. The summed E-state index contributed by atoms with van der Waals surface area (Å²) in [6.45, 7) is 1.32. The molecule has 2 heterocycles. The third kappa shape index (κ3) is 3.95. The summed E-state index contributed by atoms with van der Waals surface area (Å²) in [6, 6.07) is 13.8. The summed E-state index contributed by atoms with van der Waals surface area (Å²) in [7, 11) is 0. The molecule has 22 heavy (non-hydrogen) atoms. The third-order valence-corrected chi connectivity index (χ3v) is 3.37. The van der Waals surface area contributed by atoms with Crippen LogP contribution in [0, 0.1) is 0 Å². The summed E-state index contributed by atoms with van der Waals surface area (Å²) in [5, 5.41) is 11.0. The Kier molecular flexibility index (Phi) is 4.50. The van der Waals surface area contributed by atoms with Gasteiger partial charge >= 0.3 is 0 Å². The van der Waals surface area contributed by atoms with Crippen LogP contribution in [0.1, 0.15) is 11.3 Å². The van der Waals surface area contributed by atoms with E-state index in [0.29, 0.717) is 11.7 Å². The van der Waals surface area contributed by atoms with Crippen molar-refractivity contribution < 1.29 is 4.42 Å². The SMILES string of the molecule is S=C(NCc1ccco1)Nc1ccc(Cn2cccn2)cc1. The van der Waals surface area contributed by atoms with Gasteiger partial charge in [0.1, 0.15) is 5.76 Å². The van der Waals surface area contributed by atoms with Crippen LogP contribution < -0.4 is 10.6 Å². The number of rotatable bonds is 5. The lowest BCUT2D eigenvalue weighted by atomic mass is 10.2. The number of thiocarbonyl (C=S) groups is 1. The number of anilines is 1. The molecule has 0 unspecified atom stereocenters. The Balaban J connectivity index is 1.51. The van der Waals surface area contributed by atoms with Crippen LogP contribution in [0.5, 0.6) is 0 Å². The second-order valence-corrected chi connectivity index (χ2v) is 5.20. The highest BCUT2D eigenvalue weighted by Crippen LogP contribution is 2.10. The van der Waals surface area contributed by atoms with Gasteiger partial charge in [-0.3, -0.25) is 4.68 Å². The summed E-state index contributed by atoms with van der Waals surface area (Å²) in [6.07, 6.45) is 5.37. The predicted molar refractivity (Wildman–Crippen MR) is 89.5 cm³/mol. The van der Waals surface area contributed by atoms with E-state index in [0.717, 1.165) is 18.0 Å².